The molecule has 0 unspecified atom stereocenters. The molecular formula is C17H16Br4ClN5O2. The summed E-state index contributed by atoms with van der Waals surface area (Å²) in [5, 5.41) is 15.9. The molecule has 12 heteroatoms. The number of methoxy groups -OCH3 is 2. The number of rotatable bonds is 6. The highest BCUT2D eigenvalue weighted by Crippen LogP contribution is 2.32. The Balaban J connectivity index is 0.00000420. The fraction of sp³-hybridized carbons (Fsp3) is 0.118. The zero-order valence-corrected chi connectivity index (χ0v) is 22.3. The number of ether oxygens (including phenoxy) is 2. The summed E-state index contributed by atoms with van der Waals surface area (Å²) in [5.74, 6) is 1.17. The molecule has 0 aliphatic carbocycles. The number of nitrogens with zero attached hydrogens (tertiary/aromatic N) is 2. The number of halogens is 5. The normalized spacial score (nSPS) is 10.7. The summed E-state index contributed by atoms with van der Waals surface area (Å²) in [7, 11) is 3.15. The maximum absolute atomic E-state index is 7.84. The minimum absolute atomic E-state index is 0. The Labute approximate surface area is 208 Å². The largest absolute Gasteiger partial charge is 0.495 e. The maximum atomic E-state index is 7.84. The van der Waals surface area contributed by atoms with Gasteiger partial charge in [0.2, 0.25) is 5.96 Å². The monoisotopic (exact) mass is 673 g/mol. The molecule has 2 aromatic rings. The van der Waals surface area contributed by atoms with E-state index in [9.17, 15) is 0 Å². The van der Waals surface area contributed by atoms with E-state index in [0.717, 1.165) is 29.0 Å². The number of nitrogens with one attached hydrogen (secondary N) is 3. The third kappa shape index (κ3) is 7.56. The first-order valence-corrected chi connectivity index (χ1v) is 10.8. The first kappa shape index (κ1) is 25.9. The standard InChI is InChI=1S/C17H15Br4N5O2.ClH/c1-27-15-9(3-11(18)5-13(15)20)7-23-25-17(22)26-24-8-10-4-12(19)6-14(21)16(10)28-2;/h3-8H,1-2H3,(H3,22,25,26);1H/b23-7+,24-8+;. The first-order valence-electron chi connectivity index (χ1n) is 7.58. The summed E-state index contributed by atoms with van der Waals surface area (Å²) in [6.07, 6.45) is 3.09. The summed E-state index contributed by atoms with van der Waals surface area (Å²) < 4.78 is 14.0. The van der Waals surface area contributed by atoms with Gasteiger partial charge in [0, 0.05) is 20.1 Å². The number of hydrogen-bond donors (Lipinski definition) is 3. The van der Waals surface area contributed by atoms with Gasteiger partial charge in [-0.05, 0) is 56.1 Å². The van der Waals surface area contributed by atoms with Crippen molar-refractivity contribution in [1.29, 1.82) is 5.41 Å². The van der Waals surface area contributed by atoms with Crippen molar-refractivity contribution in [3.8, 4) is 11.5 Å². The molecule has 0 fully saturated rings. The van der Waals surface area contributed by atoms with Gasteiger partial charge in [-0.3, -0.25) is 5.41 Å². The summed E-state index contributed by atoms with van der Waals surface area (Å²) >= 11 is 13.7. The van der Waals surface area contributed by atoms with Gasteiger partial charge in [0.25, 0.3) is 0 Å². The predicted molar refractivity (Wildman–Crippen MR) is 133 cm³/mol. The Morgan fingerprint density at radius 1 is 0.828 bits per heavy atom. The van der Waals surface area contributed by atoms with Gasteiger partial charge in [0.15, 0.2) is 0 Å². The molecule has 0 bridgehead atoms. The predicted octanol–water partition coefficient (Wildman–Crippen LogP) is 5.66. The Bertz CT molecular complexity index is 867. The first-order chi connectivity index (χ1) is 13.3. The van der Waals surface area contributed by atoms with Crippen LogP contribution in [-0.2, 0) is 0 Å². The van der Waals surface area contributed by atoms with Gasteiger partial charge < -0.3 is 9.47 Å². The molecule has 2 aromatic carbocycles. The van der Waals surface area contributed by atoms with Crippen molar-refractivity contribution in [3.05, 3.63) is 53.3 Å². The molecule has 156 valence electrons. The second-order valence-corrected chi connectivity index (χ2v) is 8.68. The molecule has 0 saturated heterocycles. The zero-order valence-electron chi connectivity index (χ0n) is 15.1. The molecule has 0 aliphatic rings. The molecule has 0 aromatic heterocycles. The van der Waals surface area contributed by atoms with E-state index < -0.39 is 0 Å². The third-order valence-electron chi connectivity index (χ3n) is 3.24. The smallest absolute Gasteiger partial charge is 0.230 e. The van der Waals surface area contributed by atoms with Crippen LogP contribution in [0.25, 0.3) is 0 Å². The summed E-state index contributed by atoms with van der Waals surface area (Å²) in [4.78, 5) is 0. The number of hydrogen-bond acceptors (Lipinski definition) is 5. The highest BCUT2D eigenvalue weighted by atomic mass is 79.9. The second kappa shape index (κ2) is 12.5. The molecule has 0 aliphatic heterocycles. The lowest BCUT2D eigenvalue weighted by Gasteiger charge is -2.08. The topological polar surface area (TPSA) is 91.1 Å². The average molecular weight is 677 g/mol. The molecule has 0 spiro atoms. The quantitative estimate of drug-likeness (QED) is 0.209. The minimum Gasteiger partial charge on any atom is -0.495 e. The lowest BCUT2D eigenvalue weighted by molar-refractivity contribution is 0.411. The molecule has 0 amide bonds. The lowest BCUT2D eigenvalue weighted by Crippen LogP contribution is -2.29. The van der Waals surface area contributed by atoms with Gasteiger partial charge in [-0.1, -0.05) is 31.9 Å². The van der Waals surface area contributed by atoms with Crippen molar-refractivity contribution in [2.75, 3.05) is 14.2 Å². The zero-order chi connectivity index (χ0) is 20.7. The number of guanidine groups is 1. The van der Waals surface area contributed by atoms with Crippen LogP contribution in [0.1, 0.15) is 11.1 Å². The number of benzene rings is 2. The summed E-state index contributed by atoms with van der Waals surface area (Å²) in [6.45, 7) is 0. The number of hydrazone groups is 2. The van der Waals surface area contributed by atoms with Crippen LogP contribution in [0, 0.1) is 5.41 Å². The van der Waals surface area contributed by atoms with Crippen molar-refractivity contribution in [1.82, 2.24) is 10.9 Å². The molecule has 3 N–H and O–H groups in total. The Kier molecular flexibility index (Phi) is 11.2. The van der Waals surface area contributed by atoms with Gasteiger partial charge in [-0.2, -0.15) is 10.2 Å². The second-order valence-electron chi connectivity index (χ2n) is 5.14. The molecule has 0 saturated carbocycles. The third-order valence-corrected chi connectivity index (χ3v) is 5.34. The van der Waals surface area contributed by atoms with Crippen LogP contribution in [-0.4, -0.2) is 32.6 Å². The van der Waals surface area contributed by atoms with Crippen molar-refractivity contribution in [3.63, 3.8) is 0 Å². The highest BCUT2D eigenvalue weighted by Gasteiger charge is 2.08. The van der Waals surface area contributed by atoms with Gasteiger partial charge in [-0.25, -0.2) is 10.9 Å². The fourth-order valence-electron chi connectivity index (χ4n) is 2.14. The van der Waals surface area contributed by atoms with Crippen LogP contribution < -0.4 is 20.3 Å². The fourth-order valence-corrected chi connectivity index (χ4v) is 4.98. The van der Waals surface area contributed by atoms with Gasteiger partial charge >= 0.3 is 0 Å². The van der Waals surface area contributed by atoms with E-state index in [1.165, 1.54) is 0 Å². The van der Waals surface area contributed by atoms with Gasteiger partial charge in [0.1, 0.15) is 11.5 Å². The van der Waals surface area contributed by atoms with Crippen LogP contribution in [0.2, 0.25) is 0 Å². The molecular weight excluding hydrogens is 661 g/mol. The van der Waals surface area contributed by atoms with Crippen LogP contribution in [0.15, 0.2) is 52.4 Å². The summed E-state index contributed by atoms with van der Waals surface area (Å²) in [5.41, 5.74) is 6.57. The Hall–Kier alpha value is -1.14. The molecule has 0 radical (unpaired) electrons. The van der Waals surface area contributed by atoms with Crippen LogP contribution in [0.4, 0.5) is 0 Å². The Morgan fingerprint density at radius 2 is 1.21 bits per heavy atom. The van der Waals surface area contributed by atoms with E-state index in [1.54, 1.807) is 26.6 Å². The average Bonchev–Trinajstić information content (AvgIpc) is 2.61. The van der Waals surface area contributed by atoms with Crippen LogP contribution in [0.5, 0.6) is 11.5 Å². The van der Waals surface area contributed by atoms with E-state index in [4.69, 9.17) is 14.9 Å². The molecule has 2 rings (SSSR count). The molecule has 0 atom stereocenters. The van der Waals surface area contributed by atoms with E-state index >= 15 is 0 Å². The maximum Gasteiger partial charge on any atom is 0.230 e. The molecule has 0 heterocycles. The lowest BCUT2D eigenvalue weighted by atomic mass is 10.2. The Morgan fingerprint density at radius 3 is 1.55 bits per heavy atom. The highest BCUT2D eigenvalue weighted by molar-refractivity contribution is 9.11. The van der Waals surface area contributed by atoms with Crippen molar-refractivity contribution >= 4 is 94.5 Å². The van der Waals surface area contributed by atoms with Gasteiger partial charge in [-0.15, -0.1) is 12.4 Å². The summed E-state index contributed by atoms with van der Waals surface area (Å²) in [6, 6.07) is 7.44. The SMILES string of the molecule is COc1c(Br)cc(Br)cc1/C=N/NC(=N)N/N=C/c1cc(Br)cc(Br)c1OC.Cl. The van der Waals surface area contributed by atoms with E-state index in [2.05, 4.69) is 84.8 Å². The van der Waals surface area contributed by atoms with Crippen molar-refractivity contribution < 1.29 is 9.47 Å². The molecule has 29 heavy (non-hydrogen) atoms. The van der Waals surface area contributed by atoms with E-state index in [-0.39, 0.29) is 18.4 Å². The van der Waals surface area contributed by atoms with Crippen LogP contribution >= 0.6 is 76.1 Å². The van der Waals surface area contributed by atoms with Gasteiger partial charge in [0.05, 0.1) is 35.6 Å². The molecule has 7 nitrogen and oxygen atoms in total. The van der Waals surface area contributed by atoms with Crippen molar-refractivity contribution in [2.45, 2.75) is 0 Å². The van der Waals surface area contributed by atoms with Crippen LogP contribution in [0.3, 0.4) is 0 Å². The minimum atomic E-state index is -0.103. The van der Waals surface area contributed by atoms with E-state index in [1.807, 2.05) is 24.3 Å². The van der Waals surface area contributed by atoms with Crippen molar-refractivity contribution in [2.24, 2.45) is 10.2 Å². The van der Waals surface area contributed by atoms with E-state index in [0.29, 0.717) is 11.5 Å².